The molecule has 1 aliphatic heterocycles. The summed E-state index contributed by atoms with van der Waals surface area (Å²) in [7, 11) is -9.93. The van der Waals surface area contributed by atoms with Crippen molar-refractivity contribution in [1.82, 2.24) is 19.7 Å². The SMILES string of the molecule is O=P(O)(O)CP(=O)(O)OC[C@H]1O[C@@H](n2ncc3c(N[C@H](c4ccccc4)C(F)(F)F)nc(Cl)nc32)[C@H](O)C1(O)O. The van der Waals surface area contributed by atoms with Gasteiger partial charge in [0.2, 0.25) is 11.1 Å². The molecular weight excluding hydrogens is 613 g/mol. The van der Waals surface area contributed by atoms with Crippen molar-refractivity contribution in [3.05, 3.63) is 47.4 Å². The summed E-state index contributed by atoms with van der Waals surface area (Å²) in [5, 5.41) is 36.8. The van der Waals surface area contributed by atoms with Gasteiger partial charge in [-0.05, 0) is 17.2 Å². The van der Waals surface area contributed by atoms with Gasteiger partial charge in [0.05, 0.1) is 18.2 Å². The van der Waals surface area contributed by atoms with E-state index >= 15 is 0 Å². The Morgan fingerprint density at radius 3 is 2.42 bits per heavy atom. The first-order valence-electron chi connectivity index (χ1n) is 11.0. The van der Waals surface area contributed by atoms with E-state index in [0.29, 0.717) is 0 Å². The number of benzene rings is 1. The van der Waals surface area contributed by atoms with Crippen LogP contribution in [0.3, 0.4) is 0 Å². The van der Waals surface area contributed by atoms with Crippen molar-refractivity contribution in [2.45, 2.75) is 36.4 Å². The Morgan fingerprint density at radius 1 is 1.18 bits per heavy atom. The quantitative estimate of drug-likeness (QED) is 0.101. The Kier molecular flexibility index (Phi) is 8.37. The van der Waals surface area contributed by atoms with Gasteiger partial charge in [-0.25, -0.2) is 4.68 Å². The van der Waals surface area contributed by atoms with Gasteiger partial charge in [0, 0.05) is 0 Å². The fourth-order valence-electron chi connectivity index (χ4n) is 3.89. The van der Waals surface area contributed by atoms with Crippen molar-refractivity contribution in [3.63, 3.8) is 0 Å². The van der Waals surface area contributed by atoms with E-state index < -0.39 is 75.2 Å². The Bertz CT molecular complexity index is 1470. The molecule has 15 nitrogen and oxygen atoms in total. The number of anilines is 1. The van der Waals surface area contributed by atoms with E-state index in [1.54, 1.807) is 0 Å². The Labute approximate surface area is 226 Å². The molecule has 220 valence electrons. The van der Waals surface area contributed by atoms with Crippen LogP contribution in [0.5, 0.6) is 0 Å². The molecule has 1 aromatic carbocycles. The van der Waals surface area contributed by atoms with Crippen molar-refractivity contribution >= 4 is 43.6 Å². The highest BCUT2D eigenvalue weighted by molar-refractivity contribution is 7.70. The molecule has 2 aromatic heterocycles. The zero-order valence-electron chi connectivity index (χ0n) is 19.7. The van der Waals surface area contributed by atoms with Crippen LogP contribution in [0.4, 0.5) is 19.0 Å². The van der Waals surface area contributed by atoms with Crippen molar-refractivity contribution in [2.24, 2.45) is 0 Å². The highest BCUT2D eigenvalue weighted by Gasteiger charge is 2.56. The normalized spacial score (nSPS) is 23.7. The molecule has 40 heavy (non-hydrogen) atoms. The molecule has 1 aliphatic rings. The molecule has 4 rings (SSSR count). The van der Waals surface area contributed by atoms with E-state index in [0.717, 1.165) is 10.9 Å². The molecule has 7 N–H and O–H groups in total. The molecule has 21 heteroatoms. The zero-order valence-corrected chi connectivity index (χ0v) is 22.2. The van der Waals surface area contributed by atoms with E-state index in [2.05, 4.69) is 24.9 Å². The van der Waals surface area contributed by atoms with Crippen LogP contribution in [0.2, 0.25) is 5.28 Å². The number of alkyl halides is 3. The predicted molar refractivity (Wildman–Crippen MR) is 129 cm³/mol. The van der Waals surface area contributed by atoms with Crippen LogP contribution in [0.1, 0.15) is 17.8 Å². The van der Waals surface area contributed by atoms with Crippen LogP contribution >= 0.6 is 26.8 Å². The number of hydrogen-bond donors (Lipinski definition) is 7. The lowest BCUT2D eigenvalue weighted by Crippen LogP contribution is -2.49. The molecule has 0 spiro atoms. The van der Waals surface area contributed by atoms with Gasteiger partial charge in [0.25, 0.3) is 0 Å². The molecule has 0 aliphatic carbocycles. The van der Waals surface area contributed by atoms with Crippen LogP contribution in [-0.2, 0) is 18.4 Å². The van der Waals surface area contributed by atoms with Gasteiger partial charge >= 0.3 is 21.4 Å². The van der Waals surface area contributed by atoms with E-state index in [4.69, 9.17) is 26.1 Å². The molecule has 1 fully saturated rings. The van der Waals surface area contributed by atoms with Crippen molar-refractivity contribution in [1.29, 1.82) is 0 Å². The number of rotatable bonds is 9. The minimum Gasteiger partial charge on any atom is -0.383 e. The van der Waals surface area contributed by atoms with E-state index in [-0.39, 0.29) is 16.6 Å². The van der Waals surface area contributed by atoms with Gasteiger partial charge < -0.3 is 44.6 Å². The molecule has 0 radical (unpaired) electrons. The van der Waals surface area contributed by atoms with Crippen LogP contribution in [0.15, 0.2) is 36.5 Å². The first kappa shape index (κ1) is 30.7. The maximum absolute atomic E-state index is 13.9. The Morgan fingerprint density at radius 2 is 1.82 bits per heavy atom. The number of aromatic nitrogens is 4. The second kappa shape index (κ2) is 10.9. The standard InChI is InChI=1S/C19H21ClF3N5O10P2/c20-17-26-14(25-12(19(21,22)23)9-4-2-1-3-5-9)10-6-24-28(15(10)27-17)16-13(29)18(30,31)11(38-16)7-37-40(35,36)8-39(32,33)34/h1-6,11-13,16,29-31H,7-8H2,(H,35,36)(H,25,26,27)(H2,32,33,34)/t11-,12-,13+,16-/m1/s1. The summed E-state index contributed by atoms with van der Waals surface area (Å²) in [5.41, 5.74) is -0.444. The third kappa shape index (κ3) is 6.64. The summed E-state index contributed by atoms with van der Waals surface area (Å²) in [6, 6.07) is 4.61. The van der Waals surface area contributed by atoms with Gasteiger partial charge in [-0.1, -0.05) is 30.3 Å². The lowest BCUT2D eigenvalue weighted by molar-refractivity contribution is -0.234. The minimum absolute atomic E-state index is 0.131. The fraction of sp³-hybridized carbons (Fsp3) is 0.421. The van der Waals surface area contributed by atoms with E-state index in [1.807, 2.05) is 0 Å². The smallest absolute Gasteiger partial charge is 0.383 e. The largest absolute Gasteiger partial charge is 0.412 e. The van der Waals surface area contributed by atoms with Crippen LogP contribution < -0.4 is 5.32 Å². The van der Waals surface area contributed by atoms with Crippen molar-refractivity contribution in [3.8, 4) is 0 Å². The third-order valence-corrected chi connectivity index (χ3v) is 9.31. The molecular formula is C19H21ClF3N5O10P2. The monoisotopic (exact) mass is 633 g/mol. The number of fused-ring (bicyclic) bond motifs is 1. The lowest BCUT2D eigenvalue weighted by Gasteiger charge is -2.25. The molecule has 0 saturated carbocycles. The minimum atomic E-state index is -4.99. The number of aliphatic hydroxyl groups excluding tert-OH is 1. The topological polar surface area (TPSA) is 230 Å². The average Bonchev–Trinajstić information content (AvgIpc) is 3.32. The lowest BCUT2D eigenvalue weighted by atomic mass is 10.1. The number of halogens is 4. The van der Waals surface area contributed by atoms with E-state index in [1.165, 1.54) is 30.3 Å². The number of aliphatic hydroxyl groups is 3. The highest BCUT2D eigenvalue weighted by Crippen LogP contribution is 2.55. The summed E-state index contributed by atoms with van der Waals surface area (Å²) in [6.45, 7) is -1.12. The van der Waals surface area contributed by atoms with Gasteiger partial charge in [-0.2, -0.15) is 28.2 Å². The van der Waals surface area contributed by atoms with E-state index in [9.17, 15) is 42.5 Å². The predicted octanol–water partition coefficient (Wildman–Crippen LogP) is 1.47. The highest BCUT2D eigenvalue weighted by atomic mass is 35.5. The summed E-state index contributed by atoms with van der Waals surface area (Å²) in [5.74, 6) is -5.13. The second-order valence-corrected chi connectivity index (χ2v) is 13.0. The van der Waals surface area contributed by atoms with Crippen molar-refractivity contribution in [2.75, 3.05) is 17.8 Å². The van der Waals surface area contributed by atoms with Crippen LogP contribution in [0.25, 0.3) is 11.0 Å². The molecule has 1 unspecified atom stereocenters. The van der Waals surface area contributed by atoms with Gasteiger partial charge in [-0.15, -0.1) is 0 Å². The van der Waals surface area contributed by atoms with Gasteiger partial charge in [0.15, 0.2) is 23.9 Å². The average molecular weight is 634 g/mol. The number of nitrogens with one attached hydrogen (secondary N) is 1. The first-order chi connectivity index (χ1) is 18.4. The van der Waals surface area contributed by atoms with Gasteiger partial charge in [0.1, 0.15) is 18.0 Å². The first-order valence-corrected chi connectivity index (χ1v) is 14.9. The van der Waals surface area contributed by atoms with Gasteiger partial charge in [-0.3, -0.25) is 9.13 Å². The third-order valence-electron chi connectivity index (χ3n) is 5.68. The summed E-state index contributed by atoms with van der Waals surface area (Å²) < 4.78 is 75.3. The molecule has 0 bridgehead atoms. The van der Waals surface area contributed by atoms with Crippen LogP contribution in [0, 0.1) is 0 Å². The summed E-state index contributed by atoms with van der Waals surface area (Å²) in [4.78, 5) is 35.1. The Balaban J connectivity index is 1.64. The maximum Gasteiger partial charge on any atom is 0.412 e. The van der Waals surface area contributed by atoms with Crippen molar-refractivity contribution < 1.29 is 61.6 Å². The molecule has 3 heterocycles. The van der Waals surface area contributed by atoms with Crippen LogP contribution in [-0.4, -0.2) is 86.4 Å². The molecule has 1 saturated heterocycles. The summed E-state index contributed by atoms with van der Waals surface area (Å²) in [6.07, 6.45) is -9.77. The number of nitrogens with zero attached hydrogens (tertiary/aromatic N) is 4. The second-order valence-electron chi connectivity index (χ2n) is 8.68. The molecule has 0 amide bonds. The summed E-state index contributed by atoms with van der Waals surface area (Å²) >= 11 is 5.95. The fourth-order valence-corrected chi connectivity index (χ4v) is 6.61. The molecule has 3 aromatic rings. The number of ether oxygens (including phenoxy) is 1. The maximum atomic E-state index is 13.9. The molecule has 5 atom stereocenters. The Hall–Kier alpha value is -2.21. The number of hydrogen-bond acceptors (Lipinski definition) is 11. The zero-order chi connectivity index (χ0) is 29.7.